The number of halogens is 1. The fraction of sp³-hybridized carbons (Fsp3) is 0.286. The minimum absolute atomic E-state index is 0.537. The fourth-order valence-corrected chi connectivity index (χ4v) is 3.40. The highest BCUT2D eigenvalue weighted by atomic mass is 79.9. The van der Waals surface area contributed by atoms with E-state index < -0.39 is 6.10 Å². The summed E-state index contributed by atoms with van der Waals surface area (Å²) in [4.78, 5) is 1.15. The molecule has 18 heavy (non-hydrogen) atoms. The summed E-state index contributed by atoms with van der Waals surface area (Å²) in [5, 5.41) is 10.3. The van der Waals surface area contributed by atoms with E-state index in [2.05, 4.69) is 15.9 Å². The van der Waals surface area contributed by atoms with Gasteiger partial charge in [-0.05, 0) is 47.1 Å². The fourth-order valence-electron chi connectivity index (χ4n) is 1.88. The van der Waals surface area contributed by atoms with Crippen molar-refractivity contribution >= 4 is 27.3 Å². The van der Waals surface area contributed by atoms with Crippen molar-refractivity contribution in [1.29, 1.82) is 0 Å². The van der Waals surface area contributed by atoms with E-state index in [0.29, 0.717) is 6.42 Å². The number of methoxy groups -OCH3 is 1. The molecule has 0 aliphatic carbocycles. The molecule has 0 spiro atoms. The van der Waals surface area contributed by atoms with Gasteiger partial charge in [0.1, 0.15) is 5.75 Å². The topological polar surface area (TPSA) is 29.5 Å². The van der Waals surface area contributed by atoms with Crippen molar-refractivity contribution in [2.45, 2.75) is 19.4 Å². The van der Waals surface area contributed by atoms with Crippen LogP contribution in [-0.4, -0.2) is 12.2 Å². The quantitative estimate of drug-likeness (QED) is 0.916. The molecule has 0 saturated carbocycles. The Balaban J connectivity index is 2.22. The van der Waals surface area contributed by atoms with Gasteiger partial charge in [-0.1, -0.05) is 11.6 Å². The van der Waals surface area contributed by atoms with Gasteiger partial charge < -0.3 is 9.84 Å². The van der Waals surface area contributed by atoms with E-state index in [1.165, 1.54) is 0 Å². The molecule has 1 atom stereocenters. The molecule has 1 aromatic carbocycles. The molecule has 2 nitrogen and oxygen atoms in total. The summed E-state index contributed by atoms with van der Waals surface area (Å²) in [6, 6.07) is 9.89. The molecule has 0 aliphatic rings. The van der Waals surface area contributed by atoms with Crippen LogP contribution in [0.3, 0.4) is 0 Å². The summed E-state index contributed by atoms with van der Waals surface area (Å²) in [6.07, 6.45) is 0.0706. The molecule has 2 rings (SSSR count). The molecule has 1 aromatic heterocycles. The number of hydrogen-bond donors (Lipinski definition) is 1. The van der Waals surface area contributed by atoms with Crippen LogP contribution in [0.25, 0.3) is 0 Å². The Morgan fingerprint density at radius 1 is 1.33 bits per heavy atom. The third-order valence-corrected chi connectivity index (χ3v) is 4.41. The number of ether oxygens (including phenoxy) is 1. The van der Waals surface area contributed by atoms with Crippen molar-refractivity contribution in [3.8, 4) is 5.75 Å². The largest absolute Gasteiger partial charge is 0.496 e. The Kier molecular flexibility index (Phi) is 4.43. The molecule has 2 aromatic rings. The predicted octanol–water partition coefficient (Wildman–Crippen LogP) is 4.10. The van der Waals surface area contributed by atoms with Gasteiger partial charge in [0.25, 0.3) is 0 Å². The van der Waals surface area contributed by atoms with Gasteiger partial charge in [-0.3, -0.25) is 0 Å². The second-order valence-electron chi connectivity index (χ2n) is 4.17. The molecular weight excluding hydrogens is 312 g/mol. The SMILES string of the molecule is COc1ccc(C)cc1C(O)Cc1ccc(Br)s1. The lowest BCUT2D eigenvalue weighted by Crippen LogP contribution is -2.03. The Morgan fingerprint density at radius 3 is 2.72 bits per heavy atom. The summed E-state index contributed by atoms with van der Waals surface area (Å²) < 4.78 is 6.38. The maximum absolute atomic E-state index is 10.3. The van der Waals surface area contributed by atoms with Crippen LogP contribution in [-0.2, 0) is 6.42 Å². The summed E-state index contributed by atoms with van der Waals surface area (Å²) in [6.45, 7) is 2.01. The second-order valence-corrected chi connectivity index (χ2v) is 6.72. The van der Waals surface area contributed by atoms with Gasteiger partial charge in [0.15, 0.2) is 0 Å². The van der Waals surface area contributed by atoms with E-state index in [1.54, 1.807) is 18.4 Å². The van der Waals surface area contributed by atoms with Gasteiger partial charge in [-0.15, -0.1) is 11.3 Å². The maximum Gasteiger partial charge on any atom is 0.124 e. The van der Waals surface area contributed by atoms with Gasteiger partial charge in [0.05, 0.1) is 17.0 Å². The Labute approximate surface area is 119 Å². The van der Waals surface area contributed by atoms with Crippen LogP contribution in [0.1, 0.15) is 22.1 Å². The van der Waals surface area contributed by atoms with E-state index in [-0.39, 0.29) is 0 Å². The molecule has 0 amide bonds. The lowest BCUT2D eigenvalue weighted by molar-refractivity contribution is 0.175. The molecule has 0 saturated heterocycles. The molecule has 0 fully saturated rings. The number of rotatable bonds is 4. The van der Waals surface area contributed by atoms with Crippen LogP contribution in [0.2, 0.25) is 0 Å². The first-order valence-corrected chi connectivity index (χ1v) is 7.28. The van der Waals surface area contributed by atoms with Crippen molar-refractivity contribution in [3.63, 3.8) is 0 Å². The van der Waals surface area contributed by atoms with Crippen LogP contribution in [0, 0.1) is 6.92 Å². The molecule has 0 radical (unpaired) electrons. The predicted molar refractivity (Wildman–Crippen MR) is 78.4 cm³/mol. The highest BCUT2D eigenvalue weighted by molar-refractivity contribution is 9.11. The average molecular weight is 327 g/mol. The summed E-state index contributed by atoms with van der Waals surface area (Å²) in [7, 11) is 1.63. The molecule has 1 unspecified atom stereocenters. The van der Waals surface area contributed by atoms with Gasteiger partial charge >= 0.3 is 0 Å². The summed E-state index contributed by atoms with van der Waals surface area (Å²) >= 11 is 5.07. The molecule has 96 valence electrons. The summed E-state index contributed by atoms with van der Waals surface area (Å²) in [5.41, 5.74) is 1.97. The van der Waals surface area contributed by atoms with Crippen LogP contribution in [0.15, 0.2) is 34.1 Å². The number of aryl methyl sites for hydroxylation is 1. The minimum Gasteiger partial charge on any atom is -0.496 e. The minimum atomic E-state index is -0.537. The molecular formula is C14H15BrO2S. The van der Waals surface area contributed by atoms with Gasteiger partial charge in [-0.2, -0.15) is 0 Å². The monoisotopic (exact) mass is 326 g/mol. The van der Waals surface area contributed by atoms with Crippen molar-refractivity contribution in [2.75, 3.05) is 7.11 Å². The highest BCUT2D eigenvalue weighted by Crippen LogP contribution is 2.31. The Morgan fingerprint density at radius 2 is 2.11 bits per heavy atom. The van der Waals surface area contributed by atoms with E-state index in [0.717, 1.165) is 25.5 Å². The van der Waals surface area contributed by atoms with Crippen LogP contribution < -0.4 is 4.74 Å². The number of aliphatic hydroxyl groups is 1. The zero-order valence-electron chi connectivity index (χ0n) is 10.3. The maximum atomic E-state index is 10.3. The van der Waals surface area contributed by atoms with Gasteiger partial charge in [0, 0.05) is 16.9 Å². The van der Waals surface area contributed by atoms with Crippen molar-refractivity contribution in [1.82, 2.24) is 0 Å². The third kappa shape index (κ3) is 3.13. The number of aliphatic hydroxyl groups excluding tert-OH is 1. The summed E-state index contributed by atoms with van der Waals surface area (Å²) in [5.74, 6) is 0.740. The first kappa shape index (κ1) is 13.6. The van der Waals surface area contributed by atoms with Gasteiger partial charge in [-0.25, -0.2) is 0 Å². The normalized spacial score (nSPS) is 12.4. The standard InChI is InChI=1S/C14H15BrO2S/c1-9-3-5-13(17-2)11(7-9)12(16)8-10-4-6-14(15)18-10/h3-7,12,16H,8H2,1-2H3. The van der Waals surface area contributed by atoms with E-state index in [4.69, 9.17) is 4.74 Å². The van der Waals surface area contributed by atoms with Crippen molar-refractivity contribution in [2.24, 2.45) is 0 Å². The number of benzene rings is 1. The van der Waals surface area contributed by atoms with E-state index in [1.807, 2.05) is 37.3 Å². The Hall–Kier alpha value is -0.840. The van der Waals surface area contributed by atoms with Crippen molar-refractivity contribution in [3.05, 3.63) is 50.1 Å². The lowest BCUT2D eigenvalue weighted by Gasteiger charge is -2.14. The zero-order chi connectivity index (χ0) is 13.1. The van der Waals surface area contributed by atoms with Crippen LogP contribution >= 0.6 is 27.3 Å². The number of hydrogen-bond acceptors (Lipinski definition) is 3. The lowest BCUT2D eigenvalue weighted by atomic mass is 10.0. The van der Waals surface area contributed by atoms with E-state index >= 15 is 0 Å². The average Bonchev–Trinajstić information content (AvgIpc) is 2.74. The Bertz CT molecular complexity index is 536. The first-order chi connectivity index (χ1) is 8.60. The smallest absolute Gasteiger partial charge is 0.124 e. The number of thiophene rings is 1. The van der Waals surface area contributed by atoms with Crippen LogP contribution in [0.4, 0.5) is 0 Å². The van der Waals surface area contributed by atoms with Crippen LogP contribution in [0.5, 0.6) is 5.75 Å². The molecule has 1 heterocycles. The third-order valence-electron chi connectivity index (χ3n) is 2.77. The second kappa shape index (κ2) is 5.87. The first-order valence-electron chi connectivity index (χ1n) is 5.67. The molecule has 0 aliphatic heterocycles. The molecule has 0 bridgehead atoms. The highest BCUT2D eigenvalue weighted by Gasteiger charge is 2.15. The van der Waals surface area contributed by atoms with E-state index in [9.17, 15) is 5.11 Å². The zero-order valence-corrected chi connectivity index (χ0v) is 12.7. The molecule has 4 heteroatoms. The van der Waals surface area contributed by atoms with Gasteiger partial charge in [0.2, 0.25) is 0 Å². The van der Waals surface area contributed by atoms with Crippen molar-refractivity contribution < 1.29 is 9.84 Å². The molecule has 1 N–H and O–H groups in total.